The number of quaternary nitrogens is 1. The predicted molar refractivity (Wildman–Crippen MR) is 106 cm³/mol. The van der Waals surface area contributed by atoms with Crippen LogP contribution >= 0.6 is 11.6 Å². The van der Waals surface area contributed by atoms with Crippen molar-refractivity contribution in [3.63, 3.8) is 0 Å². The molecule has 1 unspecified atom stereocenters. The minimum Gasteiger partial charge on any atom is -0.321 e. The maximum absolute atomic E-state index is 12.9. The number of nitrogens with one attached hydrogen (secondary N) is 3. The summed E-state index contributed by atoms with van der Waals surface area (Å²) in [4.78, 5) is 25.1. The van der Waals surface area contributed by atoms with E-state index in [1.165, 1.54) is 6.07 Å². The van der Waals surface area contributed by atoms with Gasteiger partial charge in [-0.1, -0.05) is 11.6 Å². The summed E-state index contributed by atoms with van der Waals surface area (Å²) in [5.41, 5.74) is -0.127. The summed E-state index contributed by atoms with van der Waals surface area (Å²) in [6.07, 6.45) is -4.64. The SMILES string of the molecule is C[C@H](C(=O)Nc1ccc(C#N)cc1)[NH+](C)CC(=O)Nc1ccc(Cl)c(C(F)(F)F)c1. The number of anilines is 2. The number of halogens is 4. The van der Waals surface area contributed by atoms with E-state index in [0.717, 1.165) is 12.1 Å². The average molecular weight is 440 g/mol. The second kappa shape index (κ2) is 9.61. The Kier molecular flexibility index (Phi) is 7.43. The lowest BCUT2D eigenvalue weighted by Gasteiger charge is -2.21. The molecule has 0 aliphatic heterocycles. The molecular formula is C20H19ClF3N4O2+. The number of hydrogen-bond acceptors (Lipinski definition) is 3. The first kappa shape index (κ1) is 23.2. The number of alkyl halides is 3. The van der Waals surface area contributed by atoms with Crippen molar-refractivity contribution in [3.05, 3.63) is 58.6 Å². The number of benzene rings is 2. The van der Waals surface area contributed by atoms with Gasteiger partial charge in [0.25, 0.3) is 11.8 Å². The van der Waals surface area contributed by atoms with Crippen LogP contribution in [-0.4, -0.2) is 31.4 Å². The number of carbonyl (C=O) groups is 2. The smallest absolute Gasteiger partial charge is 0.321 e. The third kappa shape index (κ3) is 6.20. The van der Waals surface area contributed by atoms with Crippen molar-refractivity contribution in [3.8, 4) is 6.07 Å². The topological polar surface area (TPSA) is 86.4 Å². The fourth-order valence-electron chi connectivity index (χ4n) is 2.53. The van der Waals surface area contributed by atoms with Crippen LogP contribution in [0, 0.1) is 11.3 Å². The second-order valence-electron chi connectivity index (χ2n) is 6.66. The van der Waals surface area contributed by atoms with Crippen molar-refractivity contribution in [2.45, 2.75) is 19.1 Å². The monoisotopic (exact) mass is 439 g/mol. The summed E-state index contributed by atoms with van der Waals surface area (Å²) in [5.74, 6) is -0.906. The van der Waals surface area contributed by atoms with E-state index in [0.29, 0.717) is 16.2 Å². The highest BCUT2D eigenvalue weighted by atomic mass is 35.5. The van der Waals surface area contributed by atoms with E-state index in [1.54, 1.807) is 38.2 Å². The molecule has 30 heavy (non-hydrogen) atoms. The molecule has 0 aliphatic rings. The maximum atomic E-state index is 12.9. The van der Waals surface area contributed by atoms with Crippen molar-refractivity contribution >= 4 is 34.8 Å². The Bertz CT molecular complexity index is 971. The van der Waals surface area contributed by atoms with Gasteiger partial charge in [-0.2, -0.15) is 18.4 Å². The molecule has 0 heterocycles. The third-order valence-corrected chi connectivity index (χ3v) is 4.74. The molecule has 2 amide bonds. The number of likely N-dealkylation sites (N-methyl/N-ethyl adjacent to an activating group) is 1. The van der Waals surface area contributed by atoms with E-state index in [1.807, 2.05) is 6.07 Å². The van der Waals surface area contributed by atoms with E-state index < -0.39 is 28.7 Å². The Labute approximate surface area is 176 Å². The second-order valence-corrected chi connectivity index (χ2v) is 7.07. The molecule has 2 atom stereocenters. The summed E-state index contributed by atoms with van der Waals surface area (Å²) in [5, 5.41) is 13.4. The lowest BCUT2D eigenvalue weighted by Crippen LogP contribution is -3.14. The van der Waals surface area contributed by atoms with Crippen LogP contribution in [0.5, 0.6) is 0 Å². The Morgan fingerprint density at radius 3 is 2.30 bits per heavy atom. The lowest BCUT2D eigenvalue weighted by atomic mass is 10.2. The molecule has 0 saturated heterocycles. The lowest BCUT2D eigenvalue weighted by molar-refractivity contribution is -0.885. The van der Waals surface area contributed by atoms with E-state index in [9.17, 15) is 22.8 Å². The highest BCUT2D eigenvalue weighted by molar-refractivity contribution is 6.31. The summed E-state index contributed by atoms with van der Waals surface area (Å²) in [6, 6.07) is 10.7. The quantitative estimate of drug-likeness (QED) is 0.647. The van der Waals surface area contributed by atoms with Crippen LogP contribution < -0.4 is 15.5 Å². The van der Waals surface area contributed by atoms with Gasteiger partial charge in [0.2, 0.25) is 0 Å². The zero-order valence-electron chi connectivity index (χ0n) is 16.1. The van der Waals surface area contributed by atoms with Gasteiger partial charge in [-0.15, -0.1) is 0 Å². The van der Waals surface area contributed by atoms with Gasteiger partial charge in [-0.05, 0) is 49.4 Å². The van der Waals surface area contributed by atoms with Crippen molar-refractivity contribution in [1.29, 1.82) is 5.26 Å². The van der Waals surface area contributed by atoms with Crippen LogP contribution in [-0.2, 0) is 15.8 Å². The minimum atomic E-state index is -4.64. The normalized spacial score (nSPS) is 13.1. The molecule has 158 valence electrons. The van der Waals surface area contributed by atoms with E-state index in [-0.39, 0.29) is 18.1 Å². The molecule has 0 aromatic heterocycles. The Balaban J connectivity index is 1.96. The zero-order valence-corrected chi connectivity index (χ0v) is 16.9. The van der Waals surface area contributed by atoms with Crippen LogP contribution in [0.1, 0.15) is 18.1 Å². The number of carbonyl (C=O) groups excluding carboxylic acids is 2. The molecule has 2 aromatic carbocycles. The number of nitriles is 1. The predicted octanol–water partition coefficient (Wildman–Crippen LogP) is 2.71. The molecule has 10 heteroatoms. The molecule has 0 bridgehead atoms. The number of nitrogens with zero attached hydrogens (tertiary/aromatic N) is 1. The number of amides is 2. The molecular weight excluding hydrogens is 421 g/mol. The highest BCUT2D eigenvalue weighted by Crippen LogP contribution is 2.36. The molecule has 6 nitrogen and oxygen atoms in total. The molecule has 0 aliphatic carbocycles. The first-order valence-electron chi connectivity index (χ1n) is 8.81. The van der Waals surface area contributed by atoms with Crippen molar-refractivity contribution in [2.24, 2.45) is 0 Å². The summed E-state index contributed by atoms with van der Waals surface area (Å²) >= 11 is 5.56. The van der Waals surface area contributed by atoms with Crippen LogP contribution in [0.15, 0.2) is 42.5 Å². The van der Waals surface area contributed by atoms with Gasteiger partial charge in [0.05, 0.1) is 29.3 Å². The van der Waals surface area contributed by atoms with Gasteiger partial charge >= 0.3 is 6.18 Å². The van der Waals surface area contributed by atoms with Crippen LogP contribution in [0.2, 0.25) is 5.02 Å². The van der Waals surface area contributed by atoms with Gasteiger partial charge < -0.3 is 15.5 Å². The van der Waals surface area contributed by atoms with Gasteiger partial charge in [-0.25, -0.2) is 0 Å². The number of rotatable bonds is 6. The molecule has 0 saturated carbocycles. The van der Waals surface area contributed by atoms with Gasteiger partial charge in [0.15, 0.2) is 12.6 Å². The van der Waals surface area contributed by atoms with Gasteiger partial charge in [0, 0.05) is 11.4 Å². The van der Waals surface area contributed by atoms with Crippen LogP contribution in [0.4, 0.5) is 24.5 Å². The van der Waals surface area contributed by atoms with Crippen molar-refractivity contribution in [1.82, 2.24) is 0 Å². The van der Waals surface area contributed by atoms with E-state index in [4.69, 9.17) is 16.9 Å². The maximum Gasteiger partial charge on any atom is 0.417 e. The first-order chi connectivity index (χ1) is 14.0. The fraction of sp³-hybridized carbons (Fsp3) is 0.250. The highest BCUT2D eigenvalue weighted by Gasteiger charge is 2.33. The van der Waals surface area contributed by atoms with Gasteiger partial charge in [-0.3, -0.25) is 9.59 Å². The first-order valence-corrected chi connectivity index (χ1v) is 9.19. The Morgan fingerprint density at radius 2 is 1.73 bits per heavy atom. The van der Waals surface area contributed by atoms with E-state index in [2.05, 4.69) is 10.6 Å². The Hall–Kier alpha value is -3.09. The number of hydrogen-bond donors (Lipinski definition) is 3. The molecule has 0 spiro atoms. The summed E-state index contributed by atoms with van der Waals surface area (Å²) in [7, 11) is 1.62. The standard InChI is InChI=1S/C20H18ClF3N4O2/c1-12(19(30)27-14-5-3-13(10-25)4-6-14)28(2)11-18(29)26-15-7-8-17(21)16(9-15)20(22,23)24/h3-9,12H,11H2,1-2H3,(H,26,29)(H,27,30)/p+1/t12-/m1/s1. The summed E-state index contributed by atoms with van der Waals surface area (Å²) in [6.45, 7) is 1.47. The average Bonchev–Trinajstić information content (AvgIpc) is 2.68. The molecule has 0 fully saturated rings. The summed E-state index contributed by atoms with van der Waals surface area (Å²) < 4.78 is 38.8. The fourth-order valence-corrected chi connectivity index (χ4v) is 2.76. The van der Waals surface area contributed by atoms with Crippen molar-refractivity contribution < 1.29 is 27.7 Å². The zero-order chi connectivity index (χ0) is 22.5. The molecule has 0 radical (unpaired) electrons. The van der Waals surface area contributed by atoms with Crippen LogP contribution in [0.3, 0.4) is 0 Å². The molecule has 2 aromatic rings. The van der Waals surface area contributed by atoms with Crippen molar-refractivity contribution in [2.75, 3.05) is 24.2 Å². The molecule has 2 rings (SSSR count). The van der Waals surface area contributed by atoms with E-state index >= 15 is 0 Å². The Morgan fingerprint density at radius 1 is 1.13 bits per heavy atom. The minimum absolute atomic E-state index is 0.0424. The third-order valence-electron chi connectivity index (χ3n) is 4.41. The molecule has 3 N–H and O–H groups in total. The van der Waals surface area contributed by atoms with Crippen LogP contribution in [0.25, 0.3) is 0 Å². The van der Waals surface area contributed by atoms with Gasteiger partial charge in [0.1, 0.15) is 0 Å². The largest absolute Gasteiger partial charge is 0.417 e.